The van der Waals surface area contributed by atoms with E-state index in [1.807, 2.05) is 6.92 Å². The molecule has 2 nitrogen and oxygen atoms in total. The summed E-state index contributed by atoms with van der Waals surface area (Å²) >= 11 is 0. The Bertz CT molecular complexity index is 419. The van der Waals surface area contributed by atoms with Crippen molar-refractivity contribution in [1.82, 2.24) is 0 Å². The third-order valence-corrected chi connectivity index (χ3v) is 2.90. The topological polar surface area (TPSA) is 20.3 Å². The summed E-state index contributed by atoms with van der Waals surface area (Å²) in [5.74, 6) is -1.83. The van der Waals surface area contributed by atoms with Crippen LogP contribution < -0.4 is 4.90 Å². The molecule has 1 amide bonds. The molecular formula is C12H13F2NO. The van der Waals surface area contributed by atoms with Gasteiger partial charge < -0.3 is 4.90 Å². The van der Waals surface area contributed by atoms with Crippen molar-refractivity contribution in [2.75, 3.05) is 4.90 Å². The second kappa shape index (κ2) is 4.20. The number of anilines is 1. The molecule has 86 valence electrons. The number of hydrogen-bond acceptors (Lipinski definition) is 1. The number of amides is 1. The molecule has 1 heterocycles. The van der Waals surface area contributed by atoms with Crippen LogP contribution in [0.2, 0.25) is 0 Å². The van der Waals surface area contributed by atoms with Crippen molar-refractivity contribution in [3.8, 4) is 0 Å². The molecule has 1 fully saturated rings. The van der Waals surface area contributed by atoms with Crippen molar-refractivity contribution in [1.29, 1.82) is 0 Å². The van der Waals surface area contributed by atoms with Gasteiger partial charge in [0.2, 0.25) is 5.91 Å². The van der Waals surface area contributed by atoms with Gasteiger partial charge in [0.05, 0.1) is 0 Å². The Morgan fingerprint density at radius 3 is 2.69 bits per heavy atom. The van der Waals surface area contributed by atoms with Gasteiger partial charge in [-0.2, -0.15) is 0 Å². The monoisotopic (exact) mass is 225 g/mol. The Morgan fingerprint density at radius 2 is 2.06 bits per heavy atom. The molecule has 0 unspecified atom stereocenters. The van der Waals surface area contributed by atoms with Crippen LogP contribution in [0.25, 0.3) is 0 Å². The lowest BCUT2D eigenvalue weighted by Crippen LogP contribution is -2.42. The van der Waals surface area contributed by atoms with Crippen molar-refractivity contribution in [3.05, 3.63) is 29.8 Å². The molecule has 1 aromatic rings. The molecule has 1 atom stereocenters. The highest BCUT2D eigenvalue weighted by Gasteiger charge is 2.26. The first kappa shape index (κ1) is 11.0. The van der Waals surface area contributed by atoms with Crippen LogP contribution in [0.4, 0.5) is 14.5 Å². The summed E-state index contributed by atoms with van der Waals surface area (Å²) in [7, 11) is 0. The van der Waals surface area contributed by atoms with Crippen LogP contribution in [0, 0.1) is 11.6 Å². The van der Waals surface area contributed by atoms with E-state index in [4.69, 9.17) is 0 Å². The van der Waals surface area contributed by atoms with E-state index in [1.165, 1.54) is 6.07 Å². The largest absolute Gasteiger partial charge is 0.310 e. The lowest BCUT2D eigenvalue weighted by Gasteiger charge is -2.33. The molecule has 0 radical (unpaired) electrons. The Morgan fingerprint density at radius 1 is 1.31 bits per heavy atom. The Labute approximate surface area is 92.9 Å². The molecule has 2 rings (SSSR count). The smallest absolute Gasteiger partial charge is 0.227 e. The minimum Gasteiger partial charge on any atom is -0.310 e. The van der Waals surface area contributed by atoms with Gasteiger partial charge in [0, 0.05) is 24.2 Å². The highest BCUT2D eigenvalue weighted by molar-refractivity contribution is 5.94. The van der Waals surface area contributed by atoms with Gasteiger partial charge in [-0.25, -0.2) is 8.78 Å². The average molecular weight is 225 g/mol. The van der Waals surface area contributed by atoms with E-state index in [-0.39, 0.29) is 11.9 Å². The minimum atomic E-state index is -0.914. The van der Waals surface area contributed by atoms with E-state index in [2.05, 4.69) is 0 Å². The fourth-order valence-electron chi connectivity index (χ4n) is 2.08. The summed E-state index contributed by atoms with van der Waals surface area (Å²) in [6.07, 6.45) is 2.23. The molecule has 0 spiro atoms. The van der Waals surface area contributed by atoms with Gasteiger partial charge >= 0.3 is 0 Å². The maximum atomic E-state index is 13.1. The van der Waals surface area contributed by atoms with Crippen LogP contribution in [-0.4, -0.2) is 11.9 Å². The molecule has 4 heteroatoms. The summed E-state index contributed by atoms with van der Waals surface area (Å²) in [5.41, 5.74) is 0.441. The molecular weight excluding hydrogens is 212 g/mol. The quantitative estimate of drug-likeness (QED) is 0.719. The van der Waals surface area contributed by atoms with E-state index in [0.717, 1.165) is 25.0 Å². The first-order valence-corrected chi connectivity index (χ1v) is 5.36. The number of benzene rings is 1. The summed E-state index contributed by atoms with van der Waals surface area (Å²) in [5, 5.41) is 0. The van der Waals surface area contributed by atoms with Gasteiger partial charge in [0.1, 0.15) is 0 Å². The molecule has 0 aliphatic carbocycles. The van der Waals surface area contributed by atoms with Crippen molar-refractivity contribution in [2.45, 2.75) is 32.2 Å². The Kier molecular flexibility index (Phi) is 2.90. The van der Waals surface area contributed by atoms with Crippen LogP contribution in [-0.2, 0) is 4.79 Å². The maximum absolute atomic E-state index is 13.1. The maximum Gasteiger partial charge on any atom is 0.227 e. The van der Waals surface area contributed by atoms with Gasteiger partial charge in [0.25, 0.3) is 0 Å². The molecule has 1 aliphatic rings. The van der Waals surface area contributed by atoms with E-state index in [9.17, 15) is 13.6 Å². The van der Waals surface area contributed by atoms with Gasteiger partial charge in [-0.3, -0.25) is 4.79 Å². The minimum absolute atomic E-state index is 0.0234. The summed E-state index contributed by atoms with van der Waals surface area (Å²) in [6, 6.07) is 3.62. The van der Waals surface area contributed by atoms with Gasteiger partial charge in [-0.15, -0.1) is 0 Å². The standard InChI is InChI=1S/C12H13F2NO/c1-8-3-2-4-12(16)15(8)9-5-6-10(13)11(14)7-9/h5-8H,2-4H2,1H3/t8-/m1/s1. The SMILES string of the molecule is C[C@@H]1CCCC(=O)N1c1ccc(F)c(F)c1. The second-order valence-electron chi connectivity index (χ2n) is 4.10. The zero-order valence-corrected chi connectivity index (χ0v) is 9.04. The summed E-state index contributed by atoms with van der Waals surface area (Å²) in [6.45, 7) is 1.92. The summed E-state index contributed by atoms with van der Waals surface area (Å²) in [4.78, 5) is 13.3. The predicted octanol–water partition coefficient (Wildman–Crippen LogP) is 2.87. The van der Waals surface area contributed by atoms with Crippen LogP contribution in [0.5, 0.6) is 0 Å². The van der Waals surface area contributed by atoms with Crippen molar-refractivity contribution in [2.24, 2.45) is 0 Å². The predicted molar refractivity (Wildman–Crippen MR) is 57.2 cm³/mol. The molecule has 1 aliphatic heterocycles. The number of nitrogens with zero attached hydrogens (tertiary/aromatic N) is 1. The number of hydrogen-bond donors (Lipinski definition) is 0. The molecule has 0 saturated carbocycles. The van der Waals surface area contributed by atoms with Gasteiger partial charge in [-0.1, -0.05) is 0 Å². The molecule has 1 saturated heterocycles. The number of rotatable bonds is 1. The second-order valence-corrected chi connectivity index (χ2v) is 4.10. The third-order valence-electron chi connectivity index (χ3n) is 2.90. The van der Waals surface area contributed by atoms with Crippen LogP contribution >= 0.6 is 0 Å². The van der Waals surface area contributed by atoms with E-state index >= 15 is 0 Å². The highest BCUT2D eigenvalue weighted by Crippen LogP contribution is 2.26. The Hall–Kier alpha value is -1.45. The van der Waals surface area contributed by atoms with E-state index < -0.39 is 11.6 Å². The molecule has 1 aromatic carbocycles. The highest BCUT2D eigenvalue weighted by atomic mass is 19.2. The zero-order chi connectivity index (χ0) is 11.7. The van der Waals surface area contributed by atoms with Gasteiger partial charge in [-0.05, 0) is 31.9 Å². The first-order valence-electron chi connectivity index (χ1n) is 5.36. The Balaban J connectivity index is 2.34. The third kappa shape index (κ3) is 1.92. The normalized spacial score (nSPS) is 21.3. The first-order chi connectivity index (χ1) is 7.59. The van der Waals surface area contributed by atoms with Crippen molar-refractivity contribution >= 4 is 11.6 Å². The number of halogens is 2. The van der Waals surface area contributed by atoms with E-state index in [1.54, 1.807) is 4.90 Å². The van der Waals surface area contributed by atoms with Crippen molar-refractivity contribution < 1.29 is 13.6 Å². The molecule has 0 bridgehead atoms. The fourth-order valence-corrected chi connectivity index (χ4v) is 2.08. The molecule has 0 N–H and O–H groups in total. The van der Waals surface area contributed by atoms with E-state index in [0.29, 0.717) is 12.1 Å². The number of piperidine rings is 1. The van der Waals surface area contributed by atoms with Crippen LogP contribution in [0.1, 0.15) is 26.2 Å². The lowest BCUT2D eigenvalue weighted by atomic mass is 10.0. The zero-order valence-electron chi connectivity index (χ0n) is 9.04. The lowest BCUT2D eigenvalue weighted by molar-refractivity contribution is -0.120. The summed E-state index contributed by atoms with van der Waals surface area (Å²) < 4.78 is 25.9. The molecule has 16 heavy (non-hydrogen) atoms. The fraction of sp³-hybridized carbons (Fsp3) is 0.417. The van der Waals surface area contributed by atoms with Crippen molar-refractivity contribution in [3.63, 3.8) is 0 Å². The van der Waals surface area contributed by atoms with Crippen LogP contribution in [0.3, 0.4) is 0 Å². The van der Waals surface area contributed by atoms with Gasteiger partial charge in [0.15, 0.2) is 11.6 Å². The van der Waals surface area contributed by atoms with Crippen LogP contribution in [0.15, 0.2) is 18.2 Å². The molecule has 0 aromatic heterocycles. The number of carbonyl (C=O) groups is 1. The average Bonchev–Trinajstić information content (AvgIpc) is 2.23. The number of carbonyl (C=O) groups excluding carboxylic acids is 1.